The van der Waals surface area contributed by atoms with Gasteiger partial charge in [0.15, 0.2) is 0 Å². The number of hydrogen-bond acceptors (Lipinski definition) is 3. The molecule has 0 aromatic heterocycles. The zero-order valence-electron chi connectivity index (χ0n) is 9.00. The number of hydrogen-bond donors (Lipinski definition) is 3. The molecule has 1 aromatic rings. The van der Waals surface area contributed by atoms with Gasteiger partial charge < -0.3 is 16.4 Å². The predicted octanol–water partition coefficient (Wildman–Crippen LogP) is 0.820. The highest BCUT2D eigenvalue weighted by Gasteiger charge is 2.14. The van der Waals surface area contributed by atoms with Crippen LogP contribution in [-0.2, 0) is 9.59 Å². The van der Waals surface area contributed by atoms with Crippen molar-refractivity contribution in [3.8, 4) is 0 Å². The minimum atomic E-state index is -0.951. The highest BCUT2D eigenvalue weighted by molar-refractivity contribution is 7.80. The van der Waals surface area contributed by atoms with Crippen LogP contribution >= 0.6 is 23.8 Å². The van der Waals surface area contributed by atoms with Gasteiger partial charge in [0, 0.05) is 5.69 Å². The first-order valence-corrected chi connectivity index (χ1v) is 5.51. The van der Waals surface area contributed by atoms with Crippen molar-refractivity contribution in [2.24, 2.45) is 5.73 Å². The molecule has 8 heteroatoms. The number of rotatable bonds is 3. The van der Waals surface area contributed by atoms with Crippen molar-refractivity contribution in [3.05, 3.63) is 29.0 Å². The third kappa shape index (κ3) is 4.27. The second-order valence-electron chi connectivity index (χ2n) is 3.23. The third-order valence-electron chi connectivity index (χ3n) is 1.81. The van der Waals surface area contributed by atoms with Gasteiger partial charge >= 0.3 is 11.8 Å². The molecule has 0 aliphatic heterocycles. The van der Waals surface area contributed by atoms with Crippen LogP contribution < -0.4 is 16.4 Å². The first-order chi connectivity index (χ1) is 8.40. The van der Waals surface area contributed by atoms with Crippen molar-refractivity contribution in [1.29, 1.82) is 0 Å². The van der Waals surface area contributed by atoms with Crippen LogP contribution in [0.3, 0.4) is 0 Å². The van der Waals surface area contributed by atoms with Gasteiger partial charge in [-0.15, -0.1) is 0 Å². The number of benzene rings is 1. The molecule has 4 N–H and O–H groups in total. The van der Waals surface area contributed by atoms with Gasteiger partial charge in [0.25, 0.3) is 0 Å². The van der Waals surface area contributed by atoms with Crippen LogP contribution in [0.4, 0.5) is 10.1 Å². The molecule has 0 atom stereocenters. The minimum absolute atomic E-state index is 0.0497. The molecular weight excluding hydrogens is 281 g/mol. The summed E-state index contributed by atoms with van der Waals surface area (Å²) in [5.74, 6) is -2.57. The molecule has 0 saturated heterocycles. The normalized spacial score (nSPS) is 9.67. The summed E-state index contributed by atoms with van der Waals surface area (Å²) in [5.41, 5.74) is 5.27. The molecule has 1 aromatic carbocycles. The maximum Gasteiger partial charge on any atom is 0.313 e. The third-order valence-corrected chi connectivity index (χ3v) is 2.26. The number of anilines is 1. The zero-order valence-corrected chi connectivity index (χ0v) is 10.6. The van der Waals surface area contributed by atoms with Crippen molar-refractivity contribution < 1.29 is 14.0 Å². The van der Waals surface area contributed by atoms with Crippen LogP contribution in [0.1, 0.15) is 0 Å². The van der Waals surface area contributed by atoms with Gasteiger partial charge in [-0.2, -0.15) is 0 Å². The van der Waals surface area contributed by atoms with E-state index < -0.39 is 17.6 Å². The van der Waals surface area contributed by atoms with Crippen molar-refractivity contribution in [2.75, 3.05) is 11.9 Å². The molecule has 0 aliphatic rings. The summed E-state index contributed by atoms with van der Waals surface area (Å²) in [4.78, 5) is 22.7. The molecule has 5 nitrogen and oxygen atoms in total. The van der Waals surface area contributed by atoms with E-state index in [0.29, 0.717) is 0 Å². The van der Waals surface area contributed by atoms with Crippen LogP contribution in [0.15, 0.2) is 18.2 Å². The monoisotopic (exact) mass is 289 g/mol. The van der Waals surface area contributed by atoms with E-state index in [9.17, 15) is 14.0 Å². The summed E-state index contributed by atoms with van der Waals surface area (Å²) in [6.07, 6.45) is 0. The summed E-state index contributed by atoms with van der Waals surface area (Å²) in [5, 5.41) is 4.31. The van der Waals surface area contributed by atoms with Crippen molar-refractivity contribution >= 4 is 46.3 Å². The number of nitrogens with one attached hydrogen (secondary N) is 2. The van der Waals surface area contributed by atoms with Crippen LogP contribution in [0.2, 0.25) is 5.02 Å². The molecule has 0 heterocycles. The molecule has 0 aliphatic carbocycles. The summed E-state index contributed by atoms with van der Waals surface area (Å²) in [6, 6.07) is 3.63. The fourth-order valence-corrected chi connectivity index (χ4v) is 1.20. The lowest BCUT2D eigenvalue weighted by molar-refractivity contribution is -0.135. The molecule has 18 heavy (non-hydrogen) atoms. The van der Waals surface area contributed by atoms with Crippen molar-refractivity contribution in [2.45, 2.75) is 0 Å². The average Bonchev–Trinajstić information content (AvgIpc) is 2.30. The van der Waals surface area contributed by atoms with E-state index >= 15 is 0 Å². The van der Waals surface area contributed by atoms with E-state index in [1.54, 1.807) is 0 Å². The first-order valence-electron chi connectivity index (χ1n) is 4.72. The van der Waals surface area contributed by atoms with Crippen LogP contribution in [-0.4, -0.2) is 23.3 Å². The second-order valence-corrected chi connectivity index (χ2v) is 4.16. The van der Waals surface area contributed by atoms with E-state index in [4.69, 9.17) is 17.3 Å². The summed E-state index contributed by atoms with van der Waals surface area (Å²) >= 11 is 10.00. The quantitative estimate of drug-likeness (QED) is 0.568. The van der Waals surface area contributed by atoms with Gasteiger partial charge in [-0.25, -0.2) is 4.39 Å². The molecule has 1 rings (SSSR count). The molecule has 0 bridgehead atoms. The summed E-state index contributed by atoms with van der Waals surface area (Å²) in [7, 11) is 0. The molecule has 0 spiro atoms. The largest absolute Gasteiger partial charge is 0.392 e. The van der Waals surface area contributed by atoms with Gasteiger partial charge in [0.05, 0.1) is 16.6 Å². The SMILES string of the molecule is NC(=S)CNC(=O)C(=O)Nc1ccc(Cl)c(F)c1. The number of thiocarbonyl (C=S) groups is 1. The Kier molecular flexibility index (Phi) is 4.99. The van der Waals surface area contributed by atoms with Crippen LogP contribution in [0.5, 0.6) is 0 Å². The molecule has 0 radical (unpaired) electrons. The van der Waals surface area contributed by atoms with Gasteiger partial charge in [0.2, 0.25) is 0 Å². The first kappa shape index (κ1) is 14.3. The lowest BCUT2D eigenvalue weighted by atomic mass is 10.3. The number of carbonyl (C=O) groups excluding carboxylic acids is 2. The molecule has 0 saturated carbocycles. The van der Waals surface area contributed by atoms with Gasteiger partial charge in [0.1, 0.15) is 5.82 Å². The summed E-state index contributed by atoms with van der Waals surface area (Å²) < 4.78 is 13.1. The summed E-state index contributed by atoms with van der Waals surface area (Å²) in [6.45, 7) is -0.0867. The minimum Gasteiger partial charge on any atom is -0.392 e. The molecular formula is C10H9ClFN3O2S. The Morgan fingerprint density at radius 1 is 1.39 bits per heavy atom. The van der Waals surface area contributed by atoms with Gasteiger partial charge in [-0.05, 0) is 18.2 Å². The average molecular weight is 290 g/mol. The maximum absolute atomic E-state index is 13.1. The standard InChI is InChI=1S/C10H9ClFN3O2S/c11-6-2-1-5(3-7(6)12)15-10(17)9(16)14-4-8(13)18/h1-3H,4H2,(H2,13,18)(H,14,16)(H,15,17). The van der Waals surface area contributed by atoms with Crippen LogP contribution in [0.25, 0.3) is 0 Å². The van der Waals surface area contributed by atoms with E-state index in [1.807, 2.05) is 0 Å². The molecule has 0 fully saturated rings. The number of amides is 2. The van der Waals surface area contributed by atoms with E-state index in [2.05, 4.69) is 22.9 Å². The van der Waals surface area contributed by atoms with Crippen molar-refractivity contribution in [1.82, 2.24) is 5.32 Å². The second kappa shape index (κ2) is 6.27. The number of halogens is 2. The van der Waals surface area contributed by atoms with Gasteiger partial charge in [-0.3, -0.25) is 9.59 Å². The predicted molar refractivity (Wildman–Crippen MR) is 69.8 cm³/mol. The topological polar surface area (TPSA) is 84.2 Å². The zero-order chi connectivity index (χ0) is 13.7. The van der Waals surface area contributed by atoms with Crippen molar-refractivity contribution in [3.63, 3.8) is 0 Å². The smallest absolute Gasteiger partial charge is 0.313 e. The van der Waals surface area contributed by atoms with E-state index in [0.717, 1.165) is 6.07 Å². The Labute approximate surface area is 112 Å². The highest BCUT2D eigenvalue weighted by Crippen LogP contribution is 2.18. The molecule has 0 unspecified atom stereocenters. The Morgan fingerprint density at radius 2 is 2.06 bits per heavy atom. The lowest BCUT2D eigenvalue weighted by Crippen LogP contribution is -2.39. The van der Waals surface area contributed by atoms with Crippen LogP contribution in [0, 0.1) is 5.82 Å². The Balaban J connectivity index is 2.61. The number of carbonyl (C=O) groups is 2. The maximum atomic E-state index is 13.1. The lowest BCUT2D eigenvalue weighted by Gasteiger charge is -2.06. The fourth-order valence-electron chi connectivity index (χ4n) is 1.01. The van der Waals surface area contributed by atoms with Gasteiger partial charge in [-0.1, -0.05) is 23.8 Å². The highest BCUT2D eigenvalue weighted by atomic mass is 35.5. The van der Waals surface area contributed by atoms with E-state index in [-0.39, 0.29) is 22.2 Å². The fraction of sp³-hybridized carbons (Fsp3) is 0.100. The Morgan fingerprint density at radius 3 is 2.61 bits per heavy atom. The Hall–Kier alpha value is -1.73. The molecule has 2 amide bonds. The molecule has 96 valence electrons. The Bertz CT molecular complexity index is 510. The van der Waals surface area contributed by atoms with E-state index in [1.165, 1.54) is 12.1 Å². The number of nitrogens with two attached hydrogens (primary N) is 1.